The van der Waals surface area contributed by atoms with Crippen LogP contribution in [0.4, 0.5) is 19.0 Å². The fraction of sp³-hybridized carbons (Fsp3) is 0.375. The van der Waals surface area contributed by atoms with Crippen LogP contribution in [0.1, 0.15) is 12.5 Å². The molecule has 2 N–H and O–H groups in total. The zero-order valence-electron chi connectivity index (χ0n) is 13.0. The topological polar surface area (TPSA) is 56.8 Å². The number of piperazine rings is 1. The first-order chi connectivity index (χ1) is 11.4. The lowest BCUT2D eigenvalue weighted by atomic mass is 10.1. The Hall–Kier alpha value is -2.35. The quantitative estimate of drug-likeness (QED) is 0.718. The minimum absolute atomic E-state index is 0.321. The van der Waals surface area contributed by atoms with E-state index in [1.807, 2.05) is 0 Å². The number of nitrogens with one attached hydrogen (secondary N) is 2. The highest BCUT2D eigenvalue weighted by molar-refractivity contribution is 6.08. The molecule has 24 heavy (non-hydrogen) atoms. The first-order valence-corrected chi connectivity index (χ1v) is 7.76. The van der Waals surface area contributed by atoms with Gasteiger partial charge in [-0.1, -0.05) is 0 Å². The Kier molecular flexibility index (Phi) is 3.38. The van der Waals surface area contributed by atoms with E-state index in [-0.39, 0.29) is 0 Å². The molecule has 5 nitrogen and oxygen atoms in total. The predicted octanol–water partition coefficient (Wildman–Crippen LogP) is 2.93. The molecule has 1 fully saturated rings. The molecular weight excluding hydrogens is 319 g/mol. The number of anilines is 1. The third-order valence-corrected chi connectivity index (χ3v) is 4.37. The Balaban J connectivity index is 1.91. The number of rotatable bonds is 1. The molecule has 8 heteroatoms. The molecule has 3 aromatic rings. The summed E-state index contributed by atoms with van der Waals surface area (Å²) in [6.45, 7) is 4.50. The van der Waals surface area contributed by atoms with Gasteiger partial charge in [-0.3, -0.25) is 5.10 Å². The summed E-state index contributed by atoms with van der Waals surface area (Å²) >= 11 is 0. The molecule has 1 aromatic carbocycles. The van der Waals surface area contributed by atoms with Crippen LogP contribution < -0.4 is 10.2 Å². The van der Waals surface area contributed by atoms with Crippen LogP contribution in [0.25, 0.3) is 21.8 Å². The number of H-pyrrole nitrogens is 1. The largest absolute Gasteiger partial charge is 0.416 e. The zero-order chi connectivity index (χ0) is 16.9. The van der Waals surface area contributed by atoms with Crippen LogP contribution in [0.2, 0.25) is 0 Å². The average Bonchev–Trinajstić information content (AvgIpc) is 3.02. The number of hydrogen-bond acceptors (Lipinski definition) is 4. The Bertz CT molecular complexity index is 902. The SMILES string of the molecule is CC1CN(c2nc3ccc(C(F)(F)F)cc3c3cn[nH]c23)CCN1. The number of halogens is 3. The molecule has 0 aliphatic carbocycles. The van der Waals surface area contributed by atoms with Crippen molar-refractivity contribution in [2.24, 2.45) is 0 Å². The van der Waals surface area contributed by atoms with Gasteiger partial charge in [0.25, 0.3) is 0 Å². The van der Waals surface area contributed by atoms with Crippen LogP contribution in [-0.2, 0) is 6.18 Å². The van der Waals surface area contributed by atoms with Crippen molar-refractivity contribution >= 4 is 27.6 Å². The van der Waals surface area contributed by atoms with Gasteiger partial charge in [0.2, 0.25) is 0 Å². The summed E-state index contributed by atoms with van der Waals surface area (Å²) in [4.78, 5) is 6.75. The van der Waals surface area contributed by atoms with Crippen molar-refractivity contribution in [3.63, 3.8) is 0 Å². The molecule has 0 amide bonds. The second-order valence-corrected chi connectivity index (χ2v) is 6.12. The maximum atomic E-state index is 13.0. The van der Waals surface area contributed by atoms with Crippen molar-refractivity contribution in [3.8, 4) is 0 Å². The van der Waals surface area contributed by atoms with E-state index in [2.05, 4.69) is 32.3 Å². The van der Waals surface area contributed by atoms with E-state index in [4.69, 9.17) is 0 Å². The van der Waals surface area contributed by atoms with Gasteiger partial charge in [-0.15, -0.1) is 0 Å². The minimum atomic E-state index is -4.38. The van der Waals surface area contributed by atoms with Gasteiger partial charge in [0.1, 0.15) is 5.52 Å². The Morgan fingerprint density at radius 2 is 2.08 bits per heavy atom. The number of aromatic amines is 1. The fourth-order valence-electron chi connectivity index (χ4n) is 3.21. The van der Waals surface area contributed by atoms with Gasteiger partial charge < -0.3 is 10.2 Å². The summed E-state index contributed by atoms with van der Waals surface area (Å²) in [5, 5.41) is 11.4. The lowest BCUT2D eigenvalue weighted by Crippen LogP contribution is -2.49. The molecule has 1 atom stereocenters. The number of benzene rings is 1. The van der Waals surface area contributed by atoms with Crippen molar-refractivity contribution in [3.05, 3.63) is 30.0 Å². The van der Waals surface area contributed by atoms with Gasteiger partial charge in [-0.05, 0) is 25.1 Å². The molecule has 0 bridgehead atoms. The molecule has 0 radical (unpaired) electrons. The maximum Gasteiger partial charge on any atom is 0.416 e. The van der Waals surface area contributed by atoms with Gasteiger partial charge in [0, 0.05) is 36.4 Å². The molecule has 2 aromatic heterocycles. The van der Waals surface area contributed by atoms with Crippen LogP contribution in [0.3, 0.4) is 0 Å². The minimum Gasteiger partial charge on any atom is -0.352 e. The number of pyridine rings is 1. The van der Waals surface area contributed by atoms with E-state index >= 15 is 0 Å². The van der Waals surface area contributed by atoms with E-state index in [0.717, 1.165) is 37.6 Å². The third-order valence-electron chi connectivity index (χ3n) is 4.37. The average molecular weight is 335 g/mol. The van der Waals surface area contributed by atoms with Gasteiger partial charge in [-0.25, -0.2) is 4.98 Å². The van der Waals surface area contributed by atoms with E-state index in [9.17, 15) is 13.2 Å². The molecule has 0 saturated carbocycles. The number of alkyl halides is 3. The highest BCUT2D eigenvalue weighted by atomic mass is 19.4. The second-order valence-electron chi connectivity index (χ2n) is 6.12. The molecule has 4 rings (SSSR count). The van der Waals surface area contributed by atoms with Crippen LogP contribution in [0.15, 0.2) is 24.4 Å². The summed E-state index contributed by atoms with van der Waals surface area (Å²) in [5.74, 6) is 0.739. The zero-order valence-corrected chi connectivity index (χ0v) is 13.0. The molecule has 3 heterocycles. The molecule has 1 saturated heterocycles. The van der Waals surface area contributed by atoms with Crippen LogP contribution >= 0.6 is 0 Å². The van der Waals surface area contributed by atoms with Crippen LogP contribution in [-0.4, -0.2) is 40.9 Å². The van der Waals surface area contributed by atoms with E-state index in [1.54, 1.807) is 6.20 Å². The third kappa shape index (κ3) is 2.47. The summed E-state index contributed by atoms with van der Waals surface area (Å²) in [5.41, 5.74) is 0.539. The summed E-state index contributed by atoms with van der Waals surface area (Å²) < 4.78 is 39.0. The Morgan fingerprint density at radius 1 is 1.25 bits per heavy atom. The molecule has 0 spiro atoms. The Morgan fingerprint density at radius 3 is 2.83 bits per heavy atom. The molecule has 1 aliphatic rings. The van der Waals surface area contributed by atoms with Crippen molar-refractivity contribution < 1.29 is 13.2 Å². The number of fused-ring (bicyclic) bond motifs is 3. The van der Waals surface area contributed by atoms with Gasteiger partial charge in [0.05, 0.1) is 17.3 Å². The first-order valence-electron chi connectivity index (χ1n) is 7.76. The predicted molar refractivity (Wildman–Crippen MR) is 86.1 cm³/mol. The number of aromatic nitrogens is 3. The van der Waals surface area contributed by atoms with Crippen molar-refractivity contribution in [2.75, 3.05) is 24.5 Å². The highest BCUT2D eigenvalue weighted by Gasteiger charge is 2.31. The van der Waals surface area contributed by atoms with E-state index in [0.29, 0.717) is 27.8 Å². The Labute approximate surface area is 135 Å². The number of nitrogens with zero attached hydrogens (tertiary/aromatic N) is 3. The lowest BCUT2D eigenvalue weighted by molar-refractivity contribution is -0.137. The molecule has 126 valence electrons. The van der Waals surface area contributed by atoms with Gasteiger partial charge in [-0.2, -0.15) is 18.3 Å². The van der Waals surface area contributed by atoms with E-state index < -0.39 is 11.7 Å². The maximum absolute atomic E-state index is 13.0. The summed E-state index contributed by atoms with van der Waals surface area (Å²) in [7, 11) is 0. The molecule has 1 aliphatic heterocycles. The van der Waals surface area contributed by atoms with Gasteiger partial charge in [0.15, 0.2) is 5.82 Å². The number of hydrogen-bond donors (Lipinski definition) is 2. The van der Waals surface area contributed by atoms with Crippen LogP contribution in [0.5, 0.6) is 0 Å². The van der Waals surface area contributed by atoms with Crippen molar-refractivity contribution in [2.45, 2.75) is 19.1 Å². The monoisotopic (exact) mass is 335 g/mol. The highest BCUT2D eigenvalue weighted by Crippen LogP contribution is 2.35. The van der Waals surface area contributed by atoms with Gasteiger partial charge >= 0.3 is 6.18 Å². The molecule has 1 unspecified atom stereocenters. The smallest absolute Gasteiger partial charge is 0.352 e. The summed E-state index contributed by atoms with van der Waals surface area (Å²) in [6.07, 6.45) is -2.81. The van der Waals surface area contributed by atoms with Crippen LogP contribution in [0, 0.1) is 0 Å². The standard InChI is InChI=1S/C16H16F3N5/c1-9-8-24(5-4-20-9)15-14-12(7-21-23-14)11-6-10(16(17,18)19)2-3-13(11)22-15/h2-3,6-7,9,20H,4-5,8H2,1H3,(H,21,23). The lowest BCUT2D eigenvalue weighted by Gasteiger charge is -2.33. The second kappa shape index (κ2) is 5.34. The summed E-state index contributed by atoms with van der Waals surface area (Å²) in [6, 6.07) is 3.97. The molecular formula is C16H16F3N5. The first kappa shape index (κ1) is 15.2. The normalized spacial score (nSPS) is 19.3. The van der Waals surface area contributed by atoms with E-state index in [1.165, 1.54) is 6.07 Å². The van der Waals surface area contributed by atoms with Crippen molar-refractivity contribution in [1.29, 1.82) is 0 Å². The fourth-order valence-corrected chi connectivity index (χ4v) is 3.21. The van der Waals surface area contributed by atoms with Crippen molar-refractivity contribution in [1.82, 2.24) is 20.5 Å².